The number of hydrogen-bond donors (Lipinski definition) is 1. The van der Waals surface area contributed by atoms with Crippen molar-refractivity contribution >= 4 is 34.0 Å². The van der Waals surface area contributed by atoms with Gasteiger partial charge in [0.25, 0.3) is 0 Å². The molecule has 1 aliphatic carbocycles. The molecule has 3 aromatic rings. The van der Waals surface area contributed by atoms with Crippen LogP contribution < -0.4 is 5.32 Å². The summed E-state index contributed by atoms with van der Waals surface area (Å²) in [6, 6.07) is 12.5. The van der Waals surface area contributed by atoms with E-state index in [9.17, 15) is 10.1 Å². The summed E-state index contributed by atoms with van der Waals surface area (Å²) in [5.74, 6) is 1.60. The van der Waals surface area contributed by atoms with Crippen LogP contribution in [-0.4, -0.2) is 26.4 Å². The normalized spacial score (nSPS) is 15.5. The lowest BCUT2D eigenvalue weighted by Gasteiger charge is -2.36. The predicted molar refractivity (Wildman–Crippen MR) is 143 cm³/mol. The number of fused-ring (bicyclic) bond motifs is 1. The Balaban J connectivity index is 1.41. The Bertz CT molecular complexity index is 1220. The number of carbonyl (C=O) groups excluding carboxylic acids is 1. The number of anilines is 1. The number of thiophene rings is 1. The van der Waals surface area contributed by atoms with Crippen LogP contribution in [0, 0.1) is 22.7 Å². The molecule has 0 saturated heterocycles. The molecular weight excluding hydrogens is 474 g/mol. The SMILES string of the molecule is CCn1c(Cc2ccccc2)nnc1SCC(=O)Nc1sc2c(c1C#N)CC[C@H](C(C)(C)CC)C2. The molecule has 0 saturated carbocycles. The Hall–Kier alpha value is -2.63. The summed E-state index contributed by atoms with van der Waals surface area (Å²) in [7, 11) is 0. The third-order valence-corrected chi connectivity index (χ3v) is 9.43. The molecule has 0 unspecified atom stereocenters. The van der Waals surface area contributed by atoms with Gasteiger partial charge in [0, 0.05) is 17.8 Å². The van der Waals surface area contributed by atoms with Gasteiger partial charge in [-0.25, -0.2) is 0 Å². The summed E-state index contributed by atoms with van der Waals surface area (Å²) < 4.78 is 2.06. The maximum Gasteiger partial charge on any atom is 0.235 e. The highest BCUT2D eigenvalue weighted by Gasteiger charge is 2.34. The molecule has 2 heterocycles. The first-order valence-corrected chi connectivity index (χ1v) is 14.1. The number of nitriles is 1. The van der Waals surface area contributed by atoms with Crippen LogP contribution in [0.2, 0.25) is 0 Å². The maximum atomic E-state index is 12.8. The molecule has 35 heavy (non-hydrogen) atoms. The second kappa shape index (κ2) is 11.0. The number of amides is 1. The van der Waals surface area contributed by atoms with Crippen LogP contribution >= 0.6 is 23.1 Å². The topological polar surface area (TPSA) is 83.6 Å². The van der Waals surface area contributed by atoms with Crippen molar-refractivity contribution in [1.29, 1.82) is 5.26 Å². The van der Waals surface area contributed by atoms with Gasteiger partial charge in [-0.3, -0.25) is 4.79 Å². The van der Waals surface area contributed by atoms with Crippen molar-refractivity contribution in [1.82, 2.24) is 14.8 Å². The third kappa shape index (κ3) is 5.62. The summed E-state index contributed by atoms with van der Waals surface area (Å²) in [6.45, 7) is 9.72. The molecule has 1 aliphatic rings. The fourth-order valence-corrected chi connectivity index (χ4v) is 6.81. The van der Waals surface area contributed by atoms with E-state index in [0.717, 1.165) is 48.8 Å². The molecule has 0 spiro atoms. The minimum atomic E-state index is -0.120. The van der Waals surface area contributed by atoms with Crippen LogP contribution in [0.25, 0.3) is 0 Å². The number of aromatic nitrogens is 3. The second-order valence-electron chi connectivity index (χ2n) is 9.74. The molecule has 1 amide bonds. The molecule has 0 aliphatic heterocycles. The van der Waals surface area contributed by atoms with Crippen molar-refractivity contribution in [3.63, 3.8) is 0 Å². The van der Waals surface area contributed by atoms with Crippen molar-refractivity contribution < 1.29 is 4.79 Å². The highest BCUT2D eigenvalue weighted by Crippen LogP contribution is 2.45. The summed E-state index contributed by atoms with van der Waals surface area (Å²) >= 11 is 2.97. The van der Waals surface area contributed by atoms with Crippen LogP contribution in [0.3, 0.4) is 0 Å². The van der Waals surface area contributed by atoms with E-state index >= 15 is 0 Å². The van der Waals surface area contributed by atoms with E-state index in [1.165, 1.54) is 22.2 Å². The smallest absolute Gasteiger partial charge is 0.235 e. The monoisotopic (exact) mass is 507 g/mol. The van der Waals surface area contributed by atoms with Crippen molar-refractivity contribution in [2.45, 2.75) is 71.5 Å². The molecule has 1 aromatic carbocycles. The van der Waals surface area contributed by atoms with E-state index in [4.69, 9.17) is 0 Å². The van der Waals surface area contributed by atoms with Crippen molar-refractivity contribution in [3.05, 3.63) is 57.7 Å². The first kappa shape index (κ1) is 25.5. The van der Waals surface area contributed by atoms with E-state index in [2.05, 4.69) is 66.0 Å². The van der Waals surface area contributed by atoms with Gasteiger partial charge >= 0.3 is 0 Å². The lowest BCUT2D eigenvalue weighted by molar-refractivity contribution is -0.113. The highest BCUT2D eigenvalue weighted by molar-refractivity contribution is 7.99. The van der Waals surface area contributed by atoms with Crippen molar-refractivity contribution in [3.8, 4) is 6.07 Å². The van der Waals surface area contributed by atoms with Crippen LogP contribution in [0.15, 0.2) is 35.5 Å². The number of hydrogen-bond acceptors (Lipinski definition) is 6. The number of thioether (sulfide) groups is 1. The van der Waals surface area contributed by atoms with Crippen LogP contribution in [0.4, 0.5) is 5.00 Å². The Morgan fingerprint density at radius 3 is 2.74 bits per heavy atom. The lowest BCUT2D eigenvalue weighted by Crippen LogP contribution is -2.28. The minimum Gasteiger partial charge on any atom is -0.316 e. The molecule has 4 rings (SSSR count). The van der Waals surface area contributed by atoms with E-state index in [1.54, 1.807) is 11.3 Å². The molecule has 0 fully saturated rings. The molecule has 0 bridgehead atoms. The van der Waals surface area contributed by atoms with Crippen LogP contribution in [-0.2, 0) is 30.6 Å². The van der Waals surface area contributed by atoms with E-state index in [-0.39, 0.29) is 17.1 Å². The largest absolute Gasteiger partial charge is 0.316 e. The van der Waals surface area contributed by atoms with Gasteiger partial charge in [0.05, 0.1) is 11.3 Å². The van der Waals surface area contributed by atoms with E-state index < -0.39 is 0 Å². The highest BCUT2D eigenvalue weighted by atomic mass is 32.2. The van der Waals surface area contributed by atoms with Crippen LogP contribution in [0.1, 0.15) is 67.9 Å². The summed E-state index contributed by atoms with van der Waals surface area (Å²) in [5, 5.41) is 23.0. The Morgan fingerprint density at radius 1 is 1.29 bits per heavy atom. The average molecular weight is 508 g/mol. The Kier molecular flexibility index (Phi) is 7.98. The molecule has 0 radical (unpaired) electrons. The fourth-order valence-electron chi connectivity index (χ4n) is 4.69. The maximum absolute atomic E-state index is 12.8. The molecule has 184 valence electrons. The van der Waals surface area contributed by atoms with E-state index in [0.29, 0.717) is 22.9 Å². The molecule has 2 aromatic heterocycles. The van der Waals surface area contributed by atoms with Gasteiger partial charge in [-0.1, -0.05) is 69.3 Å². The molecular formula is C27H33N5OS2. The average Bonchev–Trinajstić information content (AvgIpc) is 3.42. The standard InChI is InChI=1S/C27H33N5OS2/c1-5-27(3,4)19-12-13-20-21(16-28)25(35-22(20)15-19)29-24(33)17-34-26-31-30-23(32(26)6-2)14-18-10-8-7-9-11-18/h7-11,19H,5-6,12-15,17H2,1-4H3,(H,29,33)/t19-/m0/s1. The predicted octanol–water partition coefficient (Wildman–Crippen LogP) is 6.09. The molecule has 1 N–H and O–H groups in total. The number of carbonyl (C=O) groups is 1. The summed E-state index contributed by atoms with van der Waals surface area (Å²) in [6.07, 6.45) is 4.85. The fraction of sp³-hybridized carbons (Fsp3) is 0.481. The zero-order chi connectivity index (χ0) is 25.0. The second-order valence-corrected chi connectivity index (χ2v) is 11.8. The van der Waals surface area contributed by atoms with Gasteiger partial charge in [-0.2, -0.15) is 5.26 Å². The van der Waals surface area contributed by atoms with E-state index in [1.807, 2.05) is 18.2 Å². The number of nitrogens with zero attached hydrogens (tertiary/aromatic N) is 4. The first-order valence-electron chi connectivity index (χ1n) is 12.3. The zero-order valence-corrected chi connectivity index (χ0v) is 22.6. The Morgan fingerprint density at radius 2 is 2.06 bits per heavy atom. The number of benzene rings is 1. The van der Waals surface area contributed by atoms with Gasteiger partial charge in [0.1, 0.15) is 16.9 Å². The van der Waals surface area contributed by atoms with Crippen LogP contribution in [0.5, 0.6) is 0 Å². The Labute approximate surface area is 216 Å². The first-order chi connectivity index (χ1) is 16.9. The third-order valence-electron chi connectivity index (χ3n) is 7.29. The van der Waals surface area contributed by atoms with Gasteiger partial charge in [0.2, 0.25) is 5.91 Å². The van der Waals surface area contributed by atoms with Crippen molar-refractivity contribution in [2.75, 3.05) is 11.1 Å². The van der Waals surface area contributed by atoms with Gasteiger partial charge < -0.3 is 9.88 Å². The quantitative estimate of drug-likeness (QED) is 0.354. The lowest BCUT2D eigenvalue weighted by atomic mass is 9.69. The molecule has 1 atom stereocenters. The molecule has 6 nitrogen and oxygen atoms in total. The number of nitrogens with one attached hydrogen (secondary N) is 1. The number of rotatable bonds is 9. The zero-order valence-electron chi connectivity index (χ0n) is 20.9. The summed E-state index contributed by atoms with van der Waals surface area (Å²) in [5.41, 5.74) is 3.25. The molecule has 8 heteroatoms. The van der Waals surface area contributed by atoms with Crippen molar-refractivity contribution in [2.24, 2.45) is 11.3 Å². The minimum absolute atomic E-state index is 0.120. The van der Waals surface area contributed by atoms with Gasteiger partial charge in [-0.15, -0.1) is 21.5 Å². The summed E-state index contributed by atoms with van der Waals surface area (Å²) in [4.78, 5) is 14.1. The van der Waals surface area contributed by atoms with Gasteiger partial charge in [-0.05, 0) is 48.6 Å². The van der Waals surface area contributed by atoms with Gasteiger partial charge in [0.15, 0.2) is 5.16 Å².